The minimum Gasteiger partial charge on any atom is -0.410 e. The fourth-order valence-electron chi connectivity index (χ4n) is 2.32. The van der Waals surface area contributed by atoms with E-state index in [1.807, 2.05) is 36.4 Å². The average molecular weight is 346 g/mol. The van der Waals surface area contributed by atoms with Gasteiger partial charge in [-0.1, -0.05) is 48.5 Å². The third-order valence-electron chi connectivity index (χ3n) is 3.64. The standard InChI is InChI=1S/C21H18N2O3/c24-20(17-7-3-1-4-8-17)22-15-16-11-13-18(14-12-16)23-21(25)26-19-9-5-2-6-10-19/h1-14H,15H2,(H,22,24)(H,23,25). The summed E-state index contributed by atoms with van der Waals surface area (Å²) < 4.78 is 5.17. The average Bonchev–Trinajstić information content (AvgIpc) is 2.68. The molecule has 3 aromatic carbocycles. The Morgan fingerprint density at radius 2 is 1.38 bits per heavy atom. The molecule has 5 nitrogen and oxygen atoms in total. The second-order valence-electron chi connectivity index (χ2n) is 5.57. The smallest absolute Gasteiger partial charge is 0.410 e. The van der Waals surface area contributed by atoms with Gasteiger partial charge >= 0.3 is 6.09 Å². The first-order valence-electron chi connectivity index (χ1n) is 8.17. The largest absolute Gasteiger partial charge is 0.417 e. The molecule has 0 aliphatic heterocycles. The zero-order valence-corrected chi connectivity index (χ0v) is 14.0. The maximum atomic E-state index is 12.0. The van der Waals surface area contributed by atoms with Gasteiger partial charge in [0.05, 0.1) is 0 Å². The van der Waals surface area contributed by atoms with Crippen LogP contribution in [0.2, 0.25) is 0 Å². The van der Waals surface area contributed by atoms with Crippen LogP contribution < -0.4 is 15.4 Å². The Bertz CT molecular complexity index is 863. The van der Waals surface area contributed by atoms with Crippen LogP contribution in [0.25, 0.3) is 0 Å². The number of anilines is 1. The monoisotopic (exact) mass is 346 g/mol. The molecule has 26 heavy (non-hydrogen) atoms. The number of amides is 2. The summed E-state index contributed by atoms with van der Waals surface area (Å²) in [5, 5.41) is 5.52. The quantitative estimate of drug-likeness (QED) is 0.726. The van der Waals surface area contributed by atoms with Crippen molar-refractivity contribution in [3.05, 3.63) is 96.1 Å². The Labute approximate surface area is 151 Å². The van der Waals surface area contributed by atoms with Crippen molar-refractivity contribution < 1.29 is 14.3 Å². The first-order valence-corrected chi connectivity index (χ1v) is 8.17. The lowest BCUT2D eigenvalue weighted by Crippen LogP contribution is -2.22. The van der Waals surface area contributed by atoms with E-state index in [4.69, 9.17) is 4.74 Å². The molecule has 0 atom stereocenters. The summed E-state index contributed by atoms with van der Waals surface area (Å²) in [6.07, 6.45) is -0.554. The number of carbonyl (C=O) groups excluding carboxylic acids is 2. The molecule has 0 aliphatic carbocycles. The lowest BCUT2D eigenvalue weighted by atomic mass is 10.2. The van der Waals surface area contributed by atoms with Crippen LogP contribution in [0.3, 0.4) is 0 Å². The predicted octanol–water partition coefficient (Wildman–Crippen LogP) is 4.23. The molecule has 0 aliphatic rings. The maximum absolute atomic E-state index is 12.0. The van der Waals surface area contributed by atoms with E-state index in [-0.39, 0.29) is 5.91 Å². The number of carbonyl (C=O) groups is 2. The SMILES string of the molecule is O=C(Nc1ccc(CNC(=O)c2ccccc2)cc1)Oc1ccccc1. The van der Waals surface area contributed by atoms with Crippen molar-refractivity contribution in [3.8, 4) is 5.75 Å². The predicted molar refractivity (Wildman–Crippen MR) is 100 cm³/mol. The molecule has 0 saturated carbocycles. The molecule has 0 bridgehead atoms. The van der Waals surface area contributed by atoms with Gasteiger partial charge in [-0.3, -0.25) is 10.1 Å². The van der Waals surface area contributed by atoms with Crippen LogP contribution in [0.1, 0.15) is 15.9 Å². The molecule has 0 aromatic heterocycles. The zero-order chi connectivity index (χ0) is 18.2. The molecule has 0 radical (unpaired) electrons. The molecule has 0 saturated heterocycles. The molecule has 5 heteroatoms. The minimum atomic E-state index is -0.554. The summed E-state index contributed by atoms with van der Waals surface area (Å²) in [4.78, 5) is 23.9. The van der Waals surface area contributed by atoms with Gasteiger partial charge in [-0.15, -0.1) is 0 Å². The summed E-state index contributed by atoms with van der Waals surface area (Å²) >= 11 is 0. The highest BCUT2D eigenvalue weighted by Gasteiger charge is 2.06. The highest BCUT2D eigenvalue weighted by molar-refractivity contribution is 5.94. The molecular weight excluding hydrogens is 328 g/mol. The van der Waals surface area contributed by atoms with E-state index < -0.39 is 6.09 Å². The zero-order valence-electron chi connectivity index (χ0n) is 14.0. The van der Waals surface area contributed by atoms with Crippen LogP contribution in [0.4, 0.5) is 10.5 Å². The van der Waals surface area contributed by atoms with E-state index in [0.29, 0.717) is 23.5 Å². The number of rotatable bonds is 5. The van der Waals surface area contributed by atoms with Gasteiger partial charge in [0, 0.05) is 17.8 Å². The second-order valence-corrected chi connectivity index (χ2v) is 5.57. The number of ether oxygens (including phenoxy) is 1. The molecule has 3 rings (SSSR count). The summed E-state index contributed by atoms with van der Waals surface area (Å²) in [5.74, 6) is 0.351. The van der Waals surface area contributed by atoms with Crippen LogP contribution >= 0.6 is 0 Å². The molecule has 2 amide bonds. The highest BCUT2D eigenvalue weighted by atomic mass is 16.6. The van der Waals surface area contributed by atoms with Gasteiger partial charge in [-0.25, -0.2) is 4.79 Å². The molecule has 0 fully saturated rings. The summed E-state index contributed by atoms with van der Waals surface area (Å²) in [6, 6.07) is 25.1. The van der Waals surface area contributed by atoms with Crippen LogP contribution in [0.5, 0.6) is 5.75 Å². The van der Waals surface area contributed by atoms with Crippen molar-refractivity contribution in [3.63, 3.8) is 0 Å². The van der Waals surface area contributed by atoms with Gasteiger partial charge in [-0.05, 0) is 42.0 Å². The van der Waals surface area contributed by atoms with E-state index in [9.17, 15) is 9.59 Å². The molecule has 0 spiro atoms. The lowest BCUT2D eigenvalue weighted by molar-refractivity contribution is 0.0951. The van der Waals surface area contributed by atoms with E-state index in [1.54, 1.807) is 48.5 Å². The Hall–Kier alpha value is -3.60. The van der Waals surface area contributed by atoms with Crippen molar-refractivity contribution in [2.45, 2.75) is 6.54 Å². The van der Waals surface area contributed by atoms with Crippen LogP contribution in [-0.2, 0) is 6.54 Å². The first-order chi connectivity index (χ1) is 12.7. The van der Waals surface area contributed by atoms with Gasteiger partial charge in [0.1, 0.15) is 5.75 Å². The van der Waals surface area contributed by atoms with Gasteiger partial charge < -0.3 is 10.1 Å². The van der Waals surface area contributed by atoms with Crippen molar-refractivity contribution >= 4 is 17.7 Å². The molecule has 0 unspecified atom stereocenters. The summed E-state index contributed by atoms with van der Waals surface area (Å²) in [7, 11) is 0. The molecule has 3 aromatic rings. The van der Waals surface area contributed by atoms with E-state index >= 15 is 0 Å². The highest BCUT2D eigenvalue weighted by Crippen LogP contribution is 2.13. The molecule has 0 heterocycles. The molecule has 130 valence electrons. The minimum absolute atomic E-state index is 0.126. The van der Waals surface area contributed by atoms with Gasteiger partial charge in [-0.2, -0.15) is 0 Å². The van der Waals surface area contributed by atoms with E-state index in [1.165, 1.54) is 0 Å². The number of para-hydroxylation sites is 1. The lowest BCUT2D eigenvalue weighted by Gasteiger charge is -2.08. The van der Waals surface area contributed by atoms with Crippen molar-refractivity contribution in [2.75, 3.05) is 5.32 Å². The second kappa shape index (κ2) is 8.48. The molecular formula is C21H18N2O3. The number of hydrogen-bond acceptors (Lipinski definition) is 3. The van der Waals surface area contributed by atoms with Gasteiger partial charge in [0.15, 0.2) is 0 Å². The number of nitrogens with one attached hydrogen (secondary N) is 2. The van der Waals surface area contributed by atoms with Crippen molar-refractivity contribution in [1.82, 2.24) is 5.32 Å². The van der Waals surface area contributed by atoms with Gasteiger partial charge in [0.25, 0.3) is 5.91 Å². The molecule has 2 N–H and O–H groups in total. The summed E-state index contributed by atoms with van der Waals surface area (Å²) in [6.45, 7) is 0.405. The Balaban J connectivity index is 1.50. The number of hydrogen-bond donors (Lipinski definition) is 2. The Morgan fingerprint density at radius 1 is 0.769 bits per heavy atom. The third-order valence-corrected chi connectivity index (χ3v) is 3.64. The van der Waals surface area contributed by atoms with Crippen molar-refractivity contribution in [2.24, 2.45) is 0 Å². The van der Waals surface area contributed by atoms with Crippen LogP contribution in [0.15, 0.2) is 84.9 Å². The van der Waals surface area contributed by atoms with Gasteiger partial charge in [0.2, 0.25) is 0 Å². The van der Waals surface area contributed by atoms with E-state index in [0.717, 1.165) is 5.56 Å². The Kier molecular flexibility index (Phi) is 5.62. The normalized spacial score (nSPS) is 10.0. The Morgan fingerprint density at radius 3 is 2.04 bits per heavy atom. The maximum Gasteiger partial charge on any atom is 0.417 e. The van der Waals surface area contributed by atoms with Crippen LogP contribution in [-0.4, -0.2) is 12.0 Å². The topological polar surface area (TPSA) is 67.4 Å². The third kappa shape index (κ3) is 4.95. The van der Waals surface area contributed by atoms with E-state index in [2.05, 4.69) is 10.6 Å². The van der Waals surface area contributed by atoms with Crippen LogP contribution in [0, 0.1) is 0 Å². The fourth-order valence-corrected chi connectivity index (χ4v) is 2.32. The van der Waals surface area contributed by atoms with Crippen molar-refractivity contribution in [1.29, 1.82) is 0 Å². The first kappa shape index (κ1) is 17.2. The summed E-state index contributed by atoms with van der Waals surface area (Å²) in [5.41, 5.74) is 2.16. The fraction of sp³-hybridized carbons (Fsp3) is 0.0476. The number of benzene rings is 3.